The van der Waals surface area contributed by atoms with E-state index in [9.17, 15) is 14.9 Å². The van der Waals surface area contributed by atoms with Gasteiger partial charge in [0.15, 0.2) is 5.92 Å². The molecule has 0 saturated heterocycles. The molecule has 2 aromatic rings. The number of rotatable bonds is 4. The summed E-state index contributed by atoms with van der Waals surface area (Å²) < 4.78 is 15.8. The number of nitrogens with zero attached hydrogens (tertiary/aromatic N) is 1. The Morgan fingerprint density at radius 1 is 1.26 bits per heavy atom. The van der Waals surface area contributed by atoms with E-state index < -0.39 is 23.8 Å². The first-order valence-corrected chi connectivity index (χ1v) is 8.59. The topological polar surface area (TPSA) is 85.6 Å². The number of carbonyl (C=O) groups is 2. The molecule has 0 bridgehead atoms. The van der Waals surface area contributed by atoms with Crippen LogP contribution in [0.15, 0.2) is 42.5 Å². The molecule has 0 aromatic heterocycles. The molecule has 2 aromatic carbocycles. The van der Waals surface area contributed by atoms with Gasteiger partial charge in [-0.1, -0.05) is 24.3 Å². The highest BCUT2D eigenvalue weighted by Crippen LogP contribution is 2.42. The van der Waals surface area contributed by atoms with Crippen LogP contribution in [-0.2, 0) is 20.9 Å². The van der Waals surface area contributed by atoms with Gasteiger partial charge in [0.2, 0.25) is 0 Å². The summed E-state index contributed by atoms with van der Waals surface area (Å²) in [6, 6.07) is 14.5. The van der Waals surface area contributed by atoms with Crippen molar-refractivity contribution in [2.24, 2.45) is 5.92 Å². The first kappa shape index (κ1) is 18.5. The summed E-state index contributed by atoms with van der Waals surface area (Å²) in [7, 11) is 1.30. The third kappa shape index (κ3) is 3.49. The summed E-state index contributed by atoms with van der Waals surface area (Å²) in [5, 5.41) is 9.76. The normalized spacial score (nSPS) is 15.8. The van der Waals surface area contributed by atoms with Crippen molar-refractivity contribution in [3.8, 4) is 11.8 Å². The SMILES string of the molecule is CCOC(=O)C(C#N)C1c2ccccc2COc2ccc(C(=O)OC)cc21. The summed E-state index contributed by atoms with van der Waals surface area (Å²) in [4.78, 5) is 24.5. The standard InChI is InChI=1S/C21H19NO5/c1-3-26-21(24)17(11-22)19-15-7-5-4-6-14(15)12-27-18-9-8-13(10-16(18)19)20(23)25-2/h4-10,17,19H,3,12H2,1-2H3. The van der Waals surface area contributed by atoms with Gasteiger partial charge in [0.25, 0.3) is 0 Å². The minimum atomic E-state index is -1.07. The summed E-state index contributed by atoms with van der Waals surface area (Å²) in [6.45, 7) is 2.18. The quantitative estimate of drug-likeness (QED) is 0.774. The molecule has 0 amide bonds. The maximum Gasteiger partial charge on any atom is 0.337 e. The Morgan fingerprint density at radius 3 is 2.74 bits per heavy atom. The van der Waals surface area contributed by atoms with Crippen molar-refractivity contribution in [3.63, 3.8) is 0 Å². The highest BCUT2D eigenvalue weighted by Gasteiger charge is 2.37. The monoisotopic (exact) mass is 365 g/mol. The molecule has 1 aliphatic rings. The third-order valence-electron chi connectivity index (χ3n) is 4.55. The molecule has 6 nitrogen and oxygen atoms in total. The Labute approximate surface area is 157 Å². The number of fused-ring (bicyclic) bond motifs is 2. The number of nitriles is 1. The molecule has 0 spiro atoms. The molecule has 138 valence electrons. The number of methoxy groups -OCH3 is 1. The smallest absolute Gasteiger partial charge is 0.337 e. The van der Waals surface area contributed by atoms with E-state index >= 15 is 0 Å². The van der Waals surface area contributed by atoms with Gasteiger partial charge in [0, 0.05) is 11.5 Å². The van der Waals surface area contributed by atoms with Crippen LogP contribution >= 0.6 is 0 Å². The summed E-state index contributed by atoms with van der Waals surface area (Å²) in [5.41, 5.74) is 2.59. The van der Waals surface area contributed by atoms with E-state index in [1.807, 2.05) is 24.3 Å². The Morgan fingerprint density at radius 2 is 2.04 bits per heavy atom. The molecule has 1 aliphatic heterocycles. The zero-order valence-electron chi connectivity index (χ0n) is 15.1. The maximum absolute atomic E-state index is 12.5. The summed E-state index contributed by atoms with van der Waals surface area (Å²) in [5.74, 6) is -2.27. The molecule has 0 aliphatic carbocycles. The van der Waals surface area contributed by atoms with Crippen LogP contribution in [0, 0.1) is 17.2 Å². The predicted octanol–water partition coefficient (Wildman–Crippen LogP) is 3.20. The number of hydrogen-bond donors (Lipinski definition) is 0. The first-order chi connectivity index (χ1) is 13.1. The van der Waals surface area contributed by atoms with Crippen molar-refractivity contribution in [3.05, 3.63) is 64.7 Å². The summed E-state index contributed by atoms with van der Waals surface area (Å²) >= 11 is 0. The number of ether oxygens (including phenoxy) is 3. The highest BCUT2D eigenvalue weighted by molar-refractivity contribution is 5.90. The van der Waals surface area contributed by atoms with Crippen molar-refractivity contribution in [2.75, 3.05) is 13.7 Å². The van der Waals surface area contributed by atoms with E-state index in [2.05, 4.69) is 6.07 Å². The van der Waals surface area contributed by atoms with E-state index in [4.69, 9.17) is 14.2 Å². The minimum absolute atomic E-state index is 0.178. The molecule has 2 atom stereocenters. The van der Waals surface area contributed by atoms with Crippen molar-refractivity contribution in [1.29, 1.82) is 5.26 Å². The molecule has 27 heavy (non-hydrogen) atoms. The van der Waals surface area contributed by atoms with E-state index in [0.29, 0.717) is 23.5 Å². The molecule has 2 unspecified atom stereocenters. The van der Waals surface area contributed by atoms with Crippen LogP contribution in [0.3, 0.4) is 0 Å². The zero-order chi connectivity index (χ0) is 19.4. The second kappa shape index (κ2) is 7.92. The molecule has 0 fully saturated rings. The van der Waals surface area contributed by atoms with Gasteiger partial charge in [0.1, 0.15) is 12.4 Å². The van der Waals surface area contributed by atoms with Gasteiger partial charge >= 0.3 is 11.9 Å². The molecular formula is C21H19NO5. The maximum atomic E-state index is 12.5. The lowest BCUT2D eigenvalue weighted by molar-refractivity contribution is -0.146. The summed E-state index contributed by atoms with van der Waals surface area (Å²) in [6.07, 6.45) is 0. The lowest BCUT2D eigenvalue weighted by Gasteiger charge is -2.23. The van der Waals surface area contributed by atoms with Crippen LogP contribution in [0.1, 0.15) is 39.9 Å². The zero-order valence-corrected chi connectivity index (χ0v) is 15.1. The van der Waals surface area contributed by atoms with Crippen LogP contribution in [0.5, 0.6) is 5.75 Å². The third-order valence-corrected chi connectivity index (χ3v) is 4.55. The molecule has 0 saturated carbocycles. The Balaban J connectivity index is 2.21. The Hall–Kier alpha value is -3.33. The molecule has 1 heterocycles. The van der Waals surface area contributed by atoms with Gasteiger partial charge in [-0.3, -0.25) is 4.79 Å². The Kier molecular flexibility index (Phi) is 5.41. The van der Waals surface area contributed by atoms with Gasteiger partial charge in [-0.25, -0.2) is 4.79 Å². The Bertz CT molecular complexity index is 915. The van der Waals surface area contributed by atoms with Crippen LogP contribution in [0.25, 0.3) is 0 Å². The molecular weight excluding hydrogens is 346 g/mol. The van der Waals surface area contributed by atoms with E-state index in [1.54, 1.807) is 25.1 Å². The predicted molar refractivity (Wildman–Crippen MR) is 96.1 cm³/mol. The fourth-order valence-corrected chi connectivity index (χ4v) is 3.31. The van der Waals surface area contributed by atoms with Gasteiger partial charge < -0.3 is 14.2 Å². The number of esters is 2. The fourth-order valence-electron chi connectivity index (χ4n) is 3.31. The van der Waals surface area contributed by atoms with Crippen LogP contribution in [0.4, 0.5) is 0 Å². The first-order valence-electron chi connectivity index (χ1n) is 8.59. The average molecular weight is 365 g/mol. The highest BCUT2D eigenvalue weighted by atomic mass is 16.5. The van der Waals surface area contributed by atoms with Gasteiger partial charge in [-0.2, -0.15) is 5.26 Å². The average Bonchev–Trinajstić information content (AvgIpc) is 2.85. The van der Waals surface area contributed by atoms with Crippen molar-refractivity contribution in [2.45, 2.75) is 19.4 Å². The fraction of sp³-hybridized carbons (Fsp3) is 0.286. The van der Waals surface area contributed by atoms with E-state index in [0.717, 1.165) is 11.1 Å². The van der Waals surface area contributed by atoms with Gasteiger partial charge in [-0.15, -0.1) is 0 Å². The van der Waals surface area contributed by atoms with E-state index in [-0.39, 0.29) is 6.61 Å². The lowest BCUT2D eigenvalue weighted by Crippen LogP contribution is -2.25. The second-order valence-corrected chi connectivity index (χ2v) is 6.07. The molecule has 6 heteroatoms. The second-order valence-electron chi connectivity index (χ2n) is 6.07. The van der Waals surface area contributed by atoms with Crippen molar-refractivity contribution in [1.82, 2.24) is 0 Å². The number of carbonyl (C=O) groups excluding carboxylic acids is 2. The minimum Gasteiger partial charge on any atom is -0.489 e. The molecule has 0 N–H and O–H groups in total. The largest absolute Gasteiger partial charge is 0.489 e. The van der Waals surface area contributed by atoms with Crippen molar-refractivity contribution >= 4 is 11.9 Å². The van der Waals surface area contributed by atoms with Gasteiger partial charge in [-0.05, 0) is 36.2 Å². The number of hydrogen-bond acceptors (Lipinski definition) is 6. The van der Waals surface area contributed by atoms with Crippen LogP contribution in [-0.4, -0.2) is 25.7 Å². The van der Waals surface area contributed by atoms with E-state index in [1.165, 1.54) is 7.11 Å². The van der Waals surface area contributed by atoms with Crippen molar-refractivity contribution < 1.29 is 23.8 Å². The molecule has 3 rings (SSSR count). The lowest BCUT2D eigenvalue weighted by atomic mass is 9.79. The van der Waals surface area contributed by atoms with Crippen LogP contribution in [0.2, 0.25) is 0 Å². The van der Waals surface area contributed by atoms with Crippen LogP contribution < -0.4 is 4.74 Å². The molecule has 0 radical (unpaired) electrons. The van der Waals surface area contributed by atoms with Gasteiger partial charge in [0.05, 0.1) is 25.3 Å². The number of benzene rings is 2.